The summed E-state index contributed by atoms with van der Waals surface area (Å²) in [6.45, 7) is 6.31. The average Bonchev–Trinajstić information content (AvgIpc) is 2.75. The highest BCUT2D eigenvalue weighted by atomic mass is 35.5. The van der Waals surface area contributed by atoms with Crippen LogP contribution in [0.5, 0.6) is 11.5 Å². The molecule has 0 aromatic heterocycles. The van der Waals surface area contributed by atoms with E-state index in [1.807, 2.05) is 24.3 Å². The van der Waals surface area contributed by atoms with Crippen LogP contribution in [-0.2, 0) is 11.3 Å². The maximum atomic E-state index is 12.3. The molecule has 1 saturated heterocycles. The molecule has 0 aliphatic carbocycles. The van der Waals surface area contributed by atoms with Crippen molar-refractivity contribution in [2.24, 2.45) is 5.10 Å². The second-order valence-electron chi connectivity index (χ2n) is 7.26. The van der Waals surface area contributed by atoms with Crippen LogP contribution in [0.1, 0.15) is 18.1 Å². The molecular weight excluding hydrogens is 404 g/mol. The number of hydrogen-bond donors (Lipinski definition) is 2. The number of piperazine rings is 1. The van der Waals surface area contributed by atoms with Crippen molar-refractivity contribution < 1.29 is 14.6 Å². The van der Waals surface area contributed by atoms with Crippen molar-refractivity contribution in [2.75, 3.05) is 39.8 Å². The molecule has 0 spiro atoms. The maximum Gasteiger partial charge on any atom is 0.254 e. The van der Waals surface area contributed by atoms with E-state index in [-0.39, 0.29) is 11.7 Å². The fraction of sp³-hybridized carbons (Fsp3) is 0.364. The number of phenols is 1. The third kappa shape index (κ3) is 5.95. The average molecular weight is 431 g/mol. The predicted octanol–water partition coefficient (Wildman–Crippen LogP) is 2.71. The predicted molar refractivity (Wildman–Crippen MR) is 118 cm³/mol. The van der Waals surface area contributed by atoms with Crippen LogP contribution >= 0.6 is 11.6 Å². The number of methoxy groups -OCH3 is 1. The quantitative estimate of drug-likeness (QED) is 0.521. The van der Waals surface area contributed by atoms with Gasteiger partial charge >= 0.3 is 0 Å². The largest absolute Gasteiger partial charge is 0.504 e. The number of hydrazone groups is 1. The second-order valence-corrected chi connectivity index (χ2v) is 7.67. The molecule has 0 radical (unpaired) electrons. The van der Waals surface area contributed by atoms with E-state index in [0.717, 1.165) is 48.9 Å². The van der Waals surface area contributed by atoms with Crippen molar-refractivity contribution in [2.45, 2.75) is 13.5 Å². The SMILES string of the molecule is COc1cc(/C(C)=N\NC(=O)CN2CCN(Cc3ccccc3Cl)CC2)ccc1O. The Kier molecular flexibility index (Phi) is 7.68. The highest BCUT2D eigenvalue weighted by molar-refractivity contribution is 6.31. The molecule has 0 atom stereocenters. The molecule has 8 heteroatoms. The molecule has 1 aliphatic rings. The van der Waals surface area contributed by atoms with Crippen molar-refractivity contribution in [1.29, 1.82) is 0 Å². The van der Waals surface area contributed by atoms with Gasteiger partial charge in [0.25, 0.3) is 5.91 Å². The van der Waals surface area contributed by atoms with Gasteiger partial charge in [-0.05, 0) is 36.8 Å². The first-order valence-electron chi connectivity index (χ1n) is 9.85. The monoisotopic (exact) mass is 430 g/mol. The summed E-state index contributed by atoms with van der Waals surface area (Å²) in [4.78, 5) is 16.7. The summed E-state index contributed by atoms with van der Waals surface area (Å²) in [5.74, 6) is 0.273. The lowest BCUT2D eigenvalue weighted by Crippen LogP contribution is -2.48. The van der Waals surface area contributed by atoms with Crippen LogP contribution < -0.4 is 10.2 Å². The number of rotatable bonds is 7. The molecule has 0 bridgehead atoms. The lowest BCUT2D eigenvalue weighted by molar-refractivity contribution is -0.122. The number of aromatic hydroxyl groups is 1. The van der Waals surface area contributed by atoms with Crippen LogP contribution in [-0.4, -0.2) is 66.4 Å². The number of amides is 1. The number of carbonyl (C=O) groups excluding carboxylic acids is 1. The van der Waals surface area contributed by atoms with E-state index in [1.165, 1.54) is 13.2 Å². The maximum absolute atomic E-state index is 12.3. The minimum atomic E-state index is -0.153. The Labute approximate surface area is 181 Å². The van der Waals surface area contributed by atoms with Crippen LogP contribution in [0.4, 0.5) is 0 Å². The van der Waals surface area contributed by atoms with E-state index in [2.05, 4.69) is 20.3 Å². The number of carbonyl (C=O) groups is 1. The van der Waals surface area contributed by atoms with Crippen molar-refractivity contribution >= 4 is 23.2 Å². The summed E-state index contributed by atoms with van der Waals surface area (Å²) in [6.07, 6.45) is 0. The van der Waals surface area contributed by atoms with Crippen molar-refractivity contribution in [3.05, 3.63) is 58.6 Å². The van der Waals surface area contributed by atoms with Gasteiger partial charge in [-0.1, -0.05) is 29.8 Å². The third-order valence-corrected chi connectivity index (χ3v) is 5.50. The van der Waals surface area contributed by atoms with Gasteiger partial charge in [-0.2, -0.15) is 5.10 Å². The molecule has 2 aromatic rings. The number of hydrogen-bond acceptors (Lipinski definition) is 6. The summed E-state index contributed by atoms with van der Waals surface area (Å²) in [7, 11) is 1.49. The first-order chi connectivity index (χ1) is 14.5. The molecule has 2 N–H and O–H groups in total. The molecule has 1 fully saturated rings. The minimum Gasteiger partial charge on any atom is -0.504 e. The van der Waals surface area contributed by atoms with Gasteiger partial charge in [-0.15, -0.1) is 0 Å². The summed E-state index contributed by atoms with van der Waals surface area (Å²) in [5, 5.41) is 14.6. The Bertz CT molecular complexity index is 911. The van der Waals surface area contributed by atoms with Crippen LogP contribution in [0, 0.1) is 0 Å². The zero-order chi connectivity index (χ0) is 21.5. The molecule has 0 unspecified atom stereocenters. The number of nitrogens with one attached hydrogen (secondary N) is 1. The van der Waals surface area contributed by atoms with Crippen molar-refractivity contribution in [3.63, 3.8) is 0 Å². The fourth-order valence-corrected chi connectivity index (χ4v) is 3.52. The van der Waals surface area contributed by atoms with E-state index in [4.69, 9.17) is 16.3 Å². The summed E-state index contributed by atoms with van der Waals surface area (Å²) < 4.78 is 5.10. The van der Waals surface area contributed by atoms with Crippen molar-refractivity contribution in [1.82, 2.24) is 15.2 Å². The summed E-state index contributed by atoms with van der Waals surface area (Å²) in [6, 6.07) is 12.8. The van der Waals surface area contributed by atoms with Crippen LogP contribution in [0.3, 0.4) is 0 Å². The highest BCUT2D eigenvalue weighted by Gasteiger charge is 2.19. The first-order valence-corrected chi connectivity index (χ1v) is 10.2. The molecule has 30 heavy (non-hydrogen) atoms. The van der Waals surface area contributed by atoms with E-state index < -0.39 is 0 Å². The Morgan fingerprint density at radius 1 is 1.17 bits per heavy atom. The molecule has 1 amide bonds. The standard InChI is InChI=1S/C22H27ClN4O3/c1-16(17-7-8-20(28)21(13-17)30-2)24-25-22(29)15-27-11-9-26(10-12-27)14-18-5-3-4-6-19(18)23/h3-8,13,28H,9-12,14-15H2,1-2H3,(H,25,29)/b24-16-. The van der Waals surface area contributed by atoms with Gasteiger partial charge in [-0.3, -0.25) is 14.6 Å². The van der Waals surface area contributed by atoms with Gasteiger partial charge in [0.1, 0.15) is 0 Å². The van der Waals surface area contributed by atoms with Crippen molar-refractivity contribution in [3.8, 4) is 11.5 Å². The van der Waals surface area contributed by atoms with E-state index in [9.17, 15) is 9.90 Å². The highest BCUT2D eigenvalue weighted by Crippen LogP contribution is 2.26. The number of ether oxygens (including phenoxy) is 1. The van der Waals surface area contributed by atoms with Gasteiger partial charge in [0.05, 0.1) is 19.4 Å². The fourth-order valence-electron chi connectivity index (χ4n) is 3.32. The smallest absolute Gasteiger partial charge is 0.254 e. The van der Waals surface area contributed by atoms with E-state index in [0.29, 0.717) is 18.0 Å². The Hall–Kier alpha value is -2.61. The number of halogens is 1. The van der Waals surface area contributed by atoms with Gasteiger partial charge in [0.2, 0.25) is 0 Å². The normalized spacial score (nSPS) is 15.8. The lowest BCUT2D eigenvalue weighted by atomic mass is 10.1. The van der Waals surface area contributed by atoms with Gasteiger partial charge in [0, 0.05) is 43.3 Å². The van der Waals surface area contributed by atoms with E-state index in [1.54, 1.807) is 19.1 Å². The number of benzene rings is 2. The molecule has 0 saturated carbocycles. The molecular formula is C22H27ClN4O3. The molecule has 160 valence electrons. The summed E-state index contributed by atoms with van der Waals surface area (Å²) >= 11 is 6.25. The first kappa shape index (κ1) is 22.1. The van der Waals surface area contributed by atoms with Crippen LogP contribution in [0.2, 0.25) is 5.02 Å². The number of nitrogens with zero attached hydrogens (tertiary/aromatic N) is 3. The van der Waals surface area contributed by atoms with Crippen LogP contribution in [0.15, 0.2) is 47.6 Å². The van der Waals surface area contributed by atoms with Crippen LogP contribution in [0.25, 0.3) is 0 Å². The molecule has 2 aromatic carbocycles. The van der Waals surface area contributed by atoms with Gasteiger partial charge < -0.3 is 9.84 Å². The van der Waals surface area contributed by atoms with Gasteiger partial charge in [0.15, 0.2) is 11.5 Å². The third-order valence-electron chi connectivity index (χ3n) is 5.13. The lowest BCUT2D eigenvalue weighted by Gasteiger charge is -2.34. The molecule has 3 rings (SSSR count). The van der Waals surface area contributed by atoms with E-state index >= 15 is 0 Å². The Morgan fingerprint density at radius 2 is 1.87 bits per heavy atom. The topological polar surface area (TPSA) is 77.4 Å². The Balaban J connectivity index is 1.45. The summed E-state index contributed by atoms with van der Waals surface area (Å²) in [5.41, 5.74) is 5.13. The number of phenolic OH excluding ortho intramolecular Hbond substituents is 1. The second kappa shape index (κ2) is 10.4. The molecule has 1 aliphatic heterocycles. The van der Waals surface area contributed by atoms with Gasteiger partial charge in [-0.25, -0.2) is 5.43 Å². The zero-order valence-electron chi connectivity index (χ0n) is 17.3. The molecule has 1 heterocycles. The molecule has 7 nitrogen and oxygen atoms in total. The zero-order valence-corrected chi connectivity index (χ0v) is 18.0. The minimum absolute atomic E-state index is 0.0618. The Morgan fingerprint density at radius 3 is 2.57 bits per heavy atom.